The van der Waals surface area contributed by atoms with Crippen molar-refractivity contribution in [1.82, 2.24) is 5.32 Å². The van der Waals surface area contributed by atoms with Crippen LogP contribution in [0, 0.1) is 0 Å². The van der Waals surface area contributed by atoms with Gasteiger partial charge in [0.2, 0.25) is 0 Å². The molecule has 0 bridgehead atoms. The van der Waals surface area contributed by atoms with Gasteiger partial charge in [-0.1, -0.05) is 12.1 Å². The molecule has 3 heteroatoms. The van der Waals surface area contributed by atoms with Crippen molar-refractivity contribution in [3.05, 3.63) is 29.8 Å². The van der Waals surface area contributed by atoms with Gasteiger partial charge in [0.1, 0.15) is 12.4 Å². The Balaban J connectivity index is 1.85. The van der Waals surface area contributed by atoms with Crippen LogP contribution in [-0.4, -0.2) is 26.3 Å². The largest absolute Gasteiger partial charge is 0.492 e. The first kappa shape index (κ1) is 11.4. The normalized spacial score (nSPS) is 19.9. The average molecular weight is 221 g/mol. The number of rotatable bonds is 5. The maximum absolute atomic E-state index is 5.76. The summed E-state index contributed by atoms with van der Waals surface area (Å²) >= 11 is 0. The van der Waals surface area contributed by atoms with Crippen molar-refractivity contribution < 1.29 is 9.47 Å². The van der Waals surface area contributed by atoms with E-state index >= 15 is 0 Å². The summed E-state index contributed by atoms with van der Waals surface area (Å²) in [5, 5.41) is 3.42. The molecule has 1 saturated heterocycles. The topological polar surface area (TPSA) is 30.5 Å². The molecular formula is C13H19NO2. The molecule has 1 aliphatic rings. The summed E-state index contributed by atoms with van der Waals surface area (Å²) in [4.78, 5) is 0. The van der Waals surface area contributed by atoms with Gasteiger partial charge in [-0.05, 0) is 37.1 Å². The van der Waals surface area contributed by atoms with Gasteiger partial charge in [0.15, 0.2) is 0 Å². The molecule has 3 nitrogen and oxygen atoms in total. The molecule has 16 heavy (non-hydrogen) atoms. The Morgan fingerprint density at radius 1 is 1.44 bits per heavy atom. The van der Waals surface area contributed by atoms with Crippen LogP contribution in [0.4, 0.5) is 0 Å². The van der Waals surface area contributed by atoms with Gasteiger partial charge in [0.05, 0.1) is 6.61 Å². The maximum atomic E-state index is 5.76. The highest BCUT2D eigenvalue weighted by Gasteiger charge is 2.14. The van der Waals surface area contributed by atoms with Crippen LogP contribution >= 0.6 is 0 Å². The Morgan fingerprint density at radius 3 is 3.12 bits per heavy atom. The molecular weight excluding hydrogens is 202 g/mol. The molecule has 0 radical (unpaired) electrons. The van der Waals surface area contributed by atoms with Crippen molar-refractivity contribution in [3.8, 4) is 5.75 Å². The third-order valence-corrected chi connectivity index (χ3v) is 2.82. The van der Waals surface area contributed by atoms with Gasteiger partial charge in [0.25, 0.3) is 0 Å². The van der Waals surface area contributed by atoms with Crippen LogP contribution in [0.2, 0.25) is 0 Å². The van der Waals surface area contributed by atoms with Crippen LogP contribution in [0.3, 0.4) is 0 Å². The van der Waals surface area contributed by atoms with Crippen LogP contribution in [0.1, 0.15) is 18.4 Å². The van der Waals surface area contributed by atoms with Gasteiger partial charge in [-0.2, -0.15) is 0 Å². The van der Waals surface area contributed by atoms with Crippen LogP contribution in [0.25, 0.3) is 0 Å². The zero-order valence-electron chi connectivity index (χ0n) is 9.74. The number of methoxy groups -OCH3 is 1. The minimum Gasteiger partial charge on any atom is -0.492 e. The molecule has 1 aromatic carbocycles. The number of hydrogen-bond donors (Lipinski definition) is 1. The van der Waals surface area contributed by atoms with Crippen LogP contribution in [-0.2, 0) is 11.3 Å². The van der Waals surface area contributed by atoms with E-state index in [0.717, 1.165) is 24.5 Å². The number of ether oxygens (including phenoxy) is 2. The van der Waals surface area contributed by atoms with E-state index in [0.29, 0.717) is 12.6 Å². The predicted molar refractivity (Wildman–Crippen MR) is 63.7 cm³/mol. The van der Waals surface area contributed by atoms with E-state index in [-0.39, 0.29) is 0 Å². The van der Waals surface area contributed by atoms with Crippen molar-refractivity contribution in [2.75, 3.05) is 20.3 Å². The Bertz CT molecular complexity index is 321. The molecule has 1 aliphatic heterocycles. The summed E-state index contributed by atoms with van der Waals surface area (Å²) in [7, 11) is 1.70. The molecule has 0 aromatic heterocycles. The second kappa shape index (κ2) is 5.87. The molecule has 1 aromatic rings. The Kier molecular flexibility index (Phi) is 4.19. The summed E-state index contributed by atoms with van der Waals surface area (Å²) in [5.41, 5.74) is 1.15. The van der Waals surface area contributed by atoms with Crippen molar-refractivity contribution in [2.45, 2.75) is 25.5 Å². The van der Waals surface area contributed by atoms with Crippen LogP contribution in [0.15, 0.2) is 24.3 Å². The first-order valence-electron chi connectivity index (χ1n) is 5.82. The fourth-order valence-corrected chi connectivity index (χ4v) is 1.99. The SMILES string of the molecule is COCc1cccc(OC[C@@H]2CCCN2)c1. The van der Waals surface area contributed by atoms with Crippen molar-refractivity contribution in [3.63, 3.8) is 0 Å². The van der Waals surface area contributed by atoms with E-state index in [4.69, 9.17) is 9.47 Å². The Labute approximate surface area is 96.8 Å². The molecule has 2 rings (SSSR count). The standard InChI is InChI=1S/C13H19NO2/c1-15-9-11-4-2-6-13(8-11)16-10-12-5-3-7-14-12/h2,4,6,8,12,14H,3,5,7,9-10H2,1H3/t12-/m0/s1. The zero-order chi connectivity index (χ0) is 11.2. The Hall–Kier alpha value is -1.06. The molecule has 0 amide bonds. The minimum atomic E-state index is 0.520. The second-order valence-electron chi connectivity index (χ2n) is 4.18. The molecule has 1 fully saturated rings. The van der Waals surface area contributed by atoms with E-state index in [1.54, 1.807) is 7.11 Å². The van der Waals surface area contributed by atoms with Gasteiger partial charge < -0.3 is 14.8 Å². The fourth-order valence-electron chi connectivity index (χ4n) is 1.99. The monoisotopic (exact) mass is 221 g/mol. The highest BCUT2D eigenvalue weighted by molar-refractivity contribution is 5.28. The summed E-state index contributed by atoms with van der Waals surface area (Å²) in [5.74, 6) is 0.934. The summed E-state index contributed by atoms with van der Waals surface area (Å²) in [6, 6.07) is 8.61. The van der Waals surface area contributed by atoms with E-state index in [1.165, 1.54) is 12.8 Å². The lowest BCUT2D eigenvalue weighted by atomic mass is 10.2. The van der Waals surface area contributed by atoms with Gasteiger partial charge in [-0.3, -0.25) is 0 Å². The summed E-state index contributed by atoms with van der Waals surface area (Å²) in [6.45, 7) is 2.52. The van der Waals surface area contributed by atoms with Crippen LogP contribution in [0.5, 0.6) is 5.75 Å². The number of nitrogens with one attached hydrogen (secondary N) is 1. The van der Waals surface area contributed by atoms with Crippen LogP contribution < -0.4 is 10.1 Å². The second-order valence-corrected chi connectivity index (χ2v) is 4.18. The molecule has 1 N–H and O–H groups in total. The van der Waals surface area contributed by atoms with E-state index < -0.39 is 0 Å². The van der Waals surface area contributed by atoms with Gasteiger partial charge in [0, 0.05) is 13.2 Å². The quantitative estimate of drug-likeness (QED) is 0.824. The summed E-state index contributed by atoms with van der Waals surface area (Å²) < 4.78 is 10.9. The molecule has 1 heterocycles. The summed E-state index contributed by atoms with van der Waals surface area (Å²) in [6.07, 6.45) is 2.48. The lowest BCUT2D eigenvalue weighted by Gasteiger charge is -2.12. The van der Waals surface area contributed by atoms with E-state index in [2.05, 4.69) is 5.32 Å². The lowest BCUT2D eigenvalue weighted by Crippen LogP contribution is -2.28. The highest BCUT2D eigenvalue weighted by atomic mass is 16.5. The maximum Gasteiger partial charge on any atom is 0.119 e. The smallest absolute Gasteiger partial charge is 0.119 e. The first-order valence-corrected chi connectivity index (χ1v) is 5.82. The third kappa shape index (κ3) is 3.22. The lowest BCUT2D eigenvalue weighted by molar-refractivity contribution is 0.184. The van der Waals surface area contributed by atoms with Crippen molar-refractivity contribution >= 4 is 0 Å². The molecule has 0 spiro atoms. The van der Waals surface area contributed by atoms with Crippen molar-refractivity contribution in [2.24, 2.45) is 0 Å². The van der Waals surface area contributed by atoms with Gasteiger partial charge >= 0.3 is 0 Å². The minimum absolute atomic E-state index is 0.520. The first-order chi connectivity index (χ1) is 7.88. The molecule has 0 unspecified atom stereocenters. The predicted octanol–water partition coefficient (Wildman–Crippen LogP) is 1.96. The van der Waals surface area contributed by atoms with Crippen molar-refractivity contribution in [1.29, 1.82) is 0 Å². The van der Waals surface area contributed by atoms with E-state index in [1.807, 2.05) is 24.3 Å². The number of benzene rings is 1. The Morgan fingerprint density at radius 2 is 2.38 bits per heavy atom. The molecule has 0 saturated carbocycles. The molecule has 1 atom stereocenters. The molecule has 88 valence electrons. The third-order valence-electron chi connectivity index (χ3n) is 2.82. The highest BCUT2D eigenvalue weighted by Crippen LogP contribution is 2.15. The van der Waals surface area contributed by atoms with Gasteiger partial charge in [-0.15, -0.1) is 0 Å². The van der Waals surface area contributed by atoms with Gasteiger partial charge in [-0.25, -0.2) is 0 Å². The number of hydrogen-bond acceptors (Lipinski definition) is 3. The fraction of sp³-hybridized carbons (Fsp3) is 0.538. The average Bonchev–Trinajstić information content (AvgIpc) is 2.80. The van der Waals surface area contributed by atoms with E-state index in [9.17, 15) is 0 Å². The molecule has 0 aliphatic carbocycles. The zero-order valence-corrected chi connectivity index (χ0v) is 9.74.